The van der Waals surface area contributed by atoms with Crippen molar-refractivity contribution in [2.75, 3.05) is 0 Å². The van der Waals surface area contributed by atoms with E-state index in [1.165, 1.54) is 11.9 Å². The van der Waals surface area contributed by atoms with Gasteiger partial charge in [-0.2, -0.15) is 0 Å². The summed E-state index contributed by atoms with van der Waals surface area (Å²) in [5.74, 6) is 0. The van der Waals surface area contributed by atoms with E-state index in [0.29, 0.717) is 5.25 Å². The third kappa shape index (κ3) is 5.75. The lowest BCUT2D eigenvalue weighted by molar-refractivity contribution is 0.202. The monoisotopic (exact) mass is 163 g/mol. The minimum Gasteiger partial charge on any atom is -0.464 e. The third-order valence-corrected chi connectivity index (χ3v) is 1.97. The Morgan fingerprint density at radius 2 is 2.40 bits per heavy atom. The molecule has 0 aromatic heterocycles. The van der Waals surface area contributed by atoms with Gasteiger partial charge in [0, 0.05) is 5.25 Å². The summed E-state index contributed by atoms with van der Waals surface area (Å²) < 4.78 is 2.26. The Hall–Kier alpha value is -0.380. The fourth-order valence-corrected chi connectivity index (χ4v) is 1.27. The molecule has 0 saturated carbocycles. The number of hydrogen-bond acceptors (Lipinski definition) is 2. The van der Waals surface area contributed by atoms with Crippen molar-refractivity contribution in [2.24, 2.45) is 0 Å². The zero-order chi connectivity index (χ0) is 7.98. The van der Waals surface area contributed by atoms with Gasteiger partial charge in [0.1, 0.15) is 0 Å². The molecule has 1 amide bonds. The molecule has 3 nitrogen and oxygen atoms in total. The molecule has 0 aromatic rings. The van der Waals surface area contributed by atoms with Crippen LogP contribution in [-0.2, 0) is 0 Å². The number of carbonyl (C=O) groups is 1. The van der Waals surface area contributed by atoms with Crippen molar-refractivity contribution in [3.8, 4) is 0 Å². The van der Waals surface area contributed by atoms with Crippen LogP contribution in [0.5, 0.6) is 0 Å². The zero-order valence-corrected chi connectivity index (χ0v) is 7.07. The molecule has 0 aliphatic rings. The molecule has 0 rings (SSSR count). The molecule has 60 valence electrons. The molecule has 0 aliphatic carbocycles. The van der Waals surface area contributed by atoms with Crippen LogP contribution < -0.4 is 4.72 Å². The van der Waals surface area contributed by atoms with Crippen LogP contribution in [0.1, 0.15) is 26.7 Å². The van der Waals surface area contributed by atoms with Crippen LogP contribution in [0.4, 0.5) is 4.79 Å². The van der Waals surface area contributed by atoms with E-state index in [-0.39, 0.29) is 0 Å². The van der Waals surface area contributed by atoms with Crippen molar-refractivity contribution in [3.05, 3.63) is 0 Å². The zero-order valence-electron chi connectivity index (χ0n) is 6.26. The second-order valence-electron chi connectivity index (χ2n) is 2.12. The molecule has 0 heterocycles. The molecular formula is C6H13NO2S. The van der Waals surface area contributed by atoms with E-state index in [1.54, 1.807) is 0 Å². The van der Waals surface area contributed by atoms with E-state index in [1.807, 2.05) is 6.92 Å². The van der Waals surface area contributed by atoms with Crippen molar-refractivity contribution in [1.29, 1.82) is 0 Å². The van der Waals surface area contributed by atoms with Crippen LogP contribution in [0.2, 0.25) is 0 Å². The Kier molecular flexibility index (Phi) is 5.20. The van der Waals surface area contributed by atoms with E-state index < -0.39 is 6.09 Å². The van der Waals surface area contributed by atoms with Crippen molar-refractivity contribution in [1.82, 2.24) is 4.72 Å². The molecule has 0 fully saturated rings. The largest absolute Gasteiger partial charge is 0.464 e. The highest BCUT2D eigenvalue weighted by Gasteiger charge is 2.02. The summed E-state index contributed by atoms with van der Waals surface area (Å²) in [5.41, 5.74) is 0. The summed E-state index contributed by atoms with van der Waals surface area (Å²) >= 11 is 1.26. The van der Waals surface area contributed by atoms with Gasteiger partial charge in [0.15, 0.2) is 0 Å². The van der Waals surface area contributed by atoms with E-state index in [2.05, 4.69) is 11.6 Å². The molecule has 4 heteroatoms. The van der Waals surface area contributed by atoms with Crippen molar-refractivity contribution in [2.45, 2.75) is 31.9 Å². The van der Waals surface area contributed by atoms with E-state index in [4.69, 9.17) is 5.11 Å². The Bertz CT molecular complexity index is 108. The van der Waals surface area contributed by atoms with Crippen molar-refractivity contribution in [3.63, 3.8) is 0 Å². The van der Waals surface area contributed by atoms with Crippen LogP contribution in [0.25, 0.3) is 0 Å². The van der Waals surface area contributed by atoms with Gasteiger partial charge in [0.05, 0.1) is 0 Å². The minimum absolute atomic E-state index is 0.376. The molecule has 2 N–H and O–H groups in total. The lowest BCUT2D eigenvalue weighted by Crippen LogP contribution is -2.15. The van der Waals surface area contributed by atoms with Gasteiger partial charge in [0.25, 0.3) is 0 Å². The Labute approximate surface area is 65.3 Å². The molecule has 0 bridgehead atoms. The standard InChI is InChI=1S/C6H13NO2S/c1-3-4-5(2)10-7-6(8)9/h5,7H,3-4H2,1-2H3,(H,8,9). The normalized spacial score (nSPS) is 12.6. The van der Waals surface area contributed by atoms with Crippen molar-refractivity contribution < 1.29 is 9.90 Å². The molecule has 0 aromatic carbocycles. The number of rotatable bonds is 4. The van der Waals surface area contributed by atoms with Crippen LogP contribution in [-0.4, -0.2) is 16.4 Å². The topological polar surface area (TPSA) is 49.3 Å². The fraction of sp³-hybridized carbons (Fsp3) is 0.833. The average Bonchev–Trinajstić information content (AvgIpc) is 1.85. The van der Waals surface area contributed by atoms with Crippen molar-refractivity contribution >= 4 is 18.0 Å². The number of nitrogens with one attached hydrogen (secondary N) is 1. The highest BCUT2D eigenvalue weighted by atomic mass is 32.2. The van der Waals surface area contributed by atoms with Gasteiger partial charge in [-0.05, 0) is 18.4 Å². The number of amides is 1. The highest BCUT2D eigenvalue weighted by Crippen LogP contribution is 2.10. The predicted molar refractivity (Wildman–Crippen MR) is 43.1 cm³/mol. The maximum absolute atomic E-state index is 9.98. The molecule has 0 aliphatic heterocycles. The van der Waals surface area contributed by atoms with Gasteiger partial charge >= 0.3 is 6.09 Å². The first-order valence-electron chi connectivity index (χ1n) is 3.31. The highest BCUT2D eigenvalue weighted by molar-refractivity contribution is 7.98. The lowest BCUT2D eigenvalue weighted by Gasteiger charge is -2.06. The Balaban J connectivity index is 3.21. The third-order valence-electron chi connectivity index (χ3n) is 1.04. The van der Waals surface area contributed by atoms with E-state index >= 15 is 0 Å². The van der Waals surface area contributed by atoms with Gasteiger partial charge in [-0.1, -0.05) is 20.3 Å². The average molecular weight is 163 g/mol. The molecule has 0 radical (unpaired) electrons. The van der Waals surface area contributed by atoms with Gasteiger partial charge < -0.3 is 5.11 Å². The second kappa shape index (κ2) is 5.41. The number of hydrogen-bond donors (Lipinski definition) is 2. The Morgan fingerprint density at radius 1 is 1.80 bits per heavy atom. The first-order chi connectivity index (χ1) is 4.66. The number of carboxylic acid groups (broad SMARTS) is 1. The van der Waals surface area contributed by atoms with Crippen LogP contribution in [0, 0.1) is 0 Å². The van der Waals surface area contributed by atoms with Gasteiger partial charge in [0.2, 0.25) is 0 Å². The van der Waals surface area contributed by atoms with Gasteiger partial charge in [-0.3, -0.25) is 4.72 Å². The summed E-state index contributed by atoms with van der Waals surface area (Å²) in [4.78, 5) is 9.98. The SMILES string of the molecule is CCCC(C)SNC(=O)O. The molecule has 10 heavy (non-hydrogen) atoms. The summed E-state index contributed by atoms with van der Waals surface area (Å²) in [6, 6.07) is 0. The molecule has 1 atom stereocenters. The lowest BCUT2D eigenvalue weighted by atomic mass is 10.3. The van der Waals surface area contributed by atoms with Crippen LogP contribution in [0.3, 0.4) is 0 Å². The minimum atomic E-state index is -0.965. The van der Waals surface area contributed by atoms with E-state index in [0.717, 1.165) is 12.8 Å². The first kappa shape index (κ1) is 9.62. The molecule has 0 spiro atoms. The summed E-state index contributed by atoms with van der Waals surface area (Å²) in [7, 11) is 0. The predicted octanol–water partition coefficient (Wildman–Crippen LogP) is 2.09. The molecule has 0 saturated heterocycles. The first-order valence-corrected chi connectivity index (χ1v) is 4.19. The van der Waals surface area contributed by atoms with Gasteiger partial charge in [-0.25, -0.2) is 4.79 Å². The van der Waals surface area contributed by atoms with Gasteiger partial charge in [-0.15, -0.1) is 0 Å². The fourth-order valence-electron chi connectivity index (χ4n) is 0.616. The summed E-state index contributed by atoms with van der Waals surface area (Å²) in [6.45, 7) is 4.09. The summed E-state index contributed by atoms with van der Waals surface area (Å²) in [6.07, 6.45) is 1.17. The maximum Gasteiger partial charge on any atom is 0.414 e. The Morgan fingerprint density at radius 3 is 2.80 bits per heavy atom. The van der Waals surface area contributed by atoms with E-state index in [9.17, 15) is 4.79 Å². The molecular weight excluding hydrogens is 150 g/mol. The summed E-state index contributed by atoms with van der Waals surface area (Å²) in [5, 5.41) is 8.57. The smallest absolute Gasteiger partial charge is 0.414 e. The second-order valence-corrected chi connectivity index (χ2v) is 3.37. The van der Waals surface area contributed by atoms with Crippen LogP contribution in [0.15, 0.2) is 0 Å². The maximum atomic E-state index is 9.98. The molecule has 1 unspecified atom stereocenters. The van der Waals surface area contributed by atoms with Crippen LogP contribution >= 0.6 is 11.9 Å². The quantitative estimate of drug-likeness (QED) is 0.624.